The van der Waals surface area contributed by atoms with Crippen LogP contribution in [0.15, 0.2) is 0 Å². The molecule has 0 aromatic carbocycles. The molecule has 1 fully saturated rings. The molecule has 0 radical (unpaired) electrons. The average Bonchev–Trinajstić information content (AvgIpc) is 2.78. The van der Waals surface area contributed by atoms with E-state index in [-0.39, 0.29) is 12.7 Å². The third kappa shape index (κ3) is 2.97. The third-order valence-corrected chi connectivity index (χ3v) is 2.21. The Morgan fingerprint density at radius 1 is 1.73 bits per heavy atom. The zero-order valence-electron chi connectivity index (χ0n) is 6.72. The molecule has 1 rings (SSSR count). The number of rotatable bonds is 5. The molecule has 1 N–H and O–H groups in total. The molecule has 2 atom stereocenters. The molecular formula is C8H14ClO2-. The van der Waals surface area contributed by atoms with E-state index in [0.29, 0.717) is 11.8 Å². The highest BCUT2D eigenvalue weighted by atomic mass is 35.5. The third-order valence-electron chi connectivity index (χ3n) is 1.93. The first-order valence-electron chi connectivity index (χ1n) is 3.97. The molecule has 1 aliphatic heterocycles. The maximum atomic E-state index is 8.72. The summed E-state index contributed by atoms with van der Waals surface area (Å²) < 4.78 is 5.16. The summed E-state index contributed by atoms with van der Waals surface area (Å²) in [6, 6.07) is 0. The summed E-state index contributed by atoms with van der Waals surface area (Å²) in [6.07, 6.45) is 3.28. The molecule has 0 aromatic rings. The highest BCUT2D eigenvalue weighted by Gasteiger charge is 2.20. The van der Waals surface area contributed by atoms with E-state index in [1.807, 2.05) is 6.92 Å². The molecule has 1 unspecified atom stereocenters. The zero-order valence-corrected chi connectivity index (χ0v) is 7.47. The van der Waals surface area contributed by atoms with Crippen LogP contribution in [0.2, 0.25) is 0 Å². The van der Waals surface area contributed by atoms with Crippen LogP contribution in [0.25, 0.3) is 0 Å². The van der Waals surface area contributed by atoms with E-state index in [1.54, 1.807) is 0 Å². The number of alkyl halides is 1. The molecule has 0 aliphatic carbocycles. The number of hydrogen-bond donors (Lipinski definition) is 1. The van der Waals surface area contributed by atoms with Crippen molar-refractivity contribution < 1.29 is 9.84 Å². The summed E-state index contributed by atoms with van der Waals surface area (Å²) in [5, 5.41) is 8.72. The van der Waals surface area contributed by atoms with Crippen molar-refractivity contribution in [1.82, 2.24) is 0 Å². The highest BCUT2D eigenvalue weighted by molar-refractivity contribution is 6.18. The molecule has 0 saturated carbocycles. The first-order valence-corrected chi connectivity index (χ1v) is 4.50. The predicted molar refractivity (Wildman–Crippen MR) is 44.3 cm³/mol. The minimum absolute atomic E-state index is 0.211. The van der Waals surface area contributed by atoms with Gasteiger partial charge in [0.2, 0.25) is 0 Å². The Morgan fingerprint density at radius 2 is 2.45 bits per heavy atom. The average molecular weight is 178 g/mol. The number of halogens is 1. The first-order chi connectivity index (χ1) is 5.27. The standard InChI is InChI=1S/C8H14ClO2/c1-6(5-10)2-3-7-8(4-9)11-7/h6,8,10H,2-5H2,1H3/q-1/t6?,8-/m0/s1. The van der Waals surface area contributed by atoms with Gasteiger partial charge in [-0.15, -0.1) is 11.6 Å². The van der Waals surface area contributed by atoms with Crippen molar-refractivity contribution in [2.24, 2.45) is 5.92 Å². The number of aliphatic hydroxyl groups is 1. The van der Waals surface area contributed by atoms with Crippen molar-refractivity contribution in [2.45, 2.75) is 25.9 Å². The Kier molecular flexibility index (Phi) is 3.63. The Labute approximate surface area is 72.5 Å². The van der Waals surface area contributed by atoms with Gasteiger partial charge in [0, 0.05) is 12.5 Å². The minimum atomic E-state index is 0.211. The Bertz CT molecular complexity index is 119. The van der Waals surface area contributed by atoms with E-state index in [1.165, 1.54) is 0 Å². The number of epoxide rings is 1. The lowest BCUT2D eigenvalue weighted by Gasteiger charge is -2.10. The molecule has 2 nitrogen and oxygen atoms in total. The van der Waals surface area contributed by atoms with Crippen molar-refractivity contribution in [1.29, 1.82) is 0 Å². The van der Waals surface area contributed by atoms with Gasteiger partial charge in [0.05, 0.1) is 0 Å². The van der Waals surface area contributed by atoms with Crippen LogP contribution in [0.4, 0.5) is 0 Å². The van der Waals surface area contributed by atoms with Crippen molar-refractivity contribution >= 4 is 11.6 Å². The summed E-state index contributed by atoms with van der Waals surface area (Å²) in [6.45, 7) is 2.29. The molecule has 0 spiro atoms. The molecule has 3 heteroatoms. The second-order valence-electron chi connectivity index (χ2n) is 3.05. The second-order valence-corrected chi connectivity index (χ2v) is 3.36. The van der Waals surface area contributed by atoms with Crippen LogP contribution in [-0.2, 0) is 4.74 Å². The summed E-state index contributed by atoms with van der Waals surface area (Å²) in [5.74, 6) is 0.950. The van der Waals surface area contributed by atoms with Crippen LogP contribution in [-0.4, -0.2) is 23.7 Å². The monoisotopic (exact) mass is 177 g/mol. The normalized spacial score (nSPS) is 27.0. The Hall–Kier alpha value is 0.210. The summed E-state index contributed by atoms with van der Waals surface area (Å²) in [7, 11) is 0. The Morgan fingerprint density at radius 3 is 2.91 bits per heavy atom. The van der Waals surface area contributed by atoms with Gasteiger partial charge >= 0.3 is 0 Å². The lowest BCUT2D eigenvalue weighted by molar-refractivity contribution is 0.228. The van der Waals surface area contributed by atoms with Gasteiger partial charge in [-0.1, -0.05) is 19.4 Å². The van der Waals surface area contributed by atoms with Crippen LogP contribution < -0.4 is 0 Å². The molecule has 11 heavy (non-hydrogen) atoms. The zero-order chi connectivity index (χ0) is 8.27. The molecular weight excluding hydrogens is 164 g/mol. The van der Waals surface area contributed by atoms with Crippen molar-refractivity contribution in [2.75, 3.05) is 12.5 Å². The van der Waals surface area contributed by atoms with Gasteiger partial charge in [-0.05, 0) is 5.92 Å². The lowest BCUT2D eigenvalue weighted by atomic mass is 10.0. The van der Waals surface area contributed by atoms with Crippen LogP contribution in [0.5, 0.6) is 0 Å². The van der Waals surface area contributed by atoms with Gasteiger partial charge in [0.1, 0.15) is 0 Å². The fourth-order valence-corrected chi connectivity index (χ4v) is 1.20. The van der Waals surface area contributed by atoms with E-state index < -0.39 is 0 Å². The molecule has 1 saturated heterocycles. The topological polar surface area (TPSA) is 32.8 Å². The lowest BCUT2D eigenvalue weighted by Crippen LogP contribution is -2.01. The summed E-state index contributed by atoms with van der Waals surface area (Å²) >= 11 is 5.55. The fourth-order valence-electron chi connectivity index (χ4n) is 0.966. The van der Waals surface area contributed by atoms with Gasteiger partial charge in [-0.25, -0.2) is 0 Å². The van der Waals surface area contributed by atoms with Gasteiger partial charge in [0.25, 0.3) is 0 Å². The number of ether oxygens (including phenoxy) is 1. The van der Waals surface area contributed by atoms with E-state index in [9.17, 15) is 0 Å². The van der Waals surface area contributed by atoms with Gasteiger partial charge < -0.3 is 9.84 Å². The van der Waals surface area contributed by atoms with E-state index in [2.05, 4.69) is 0 Å². The fraction of sp³-hybridized carbons (Fsp3) is 0.875. The van der Waals surface area contributed by atoms with Crippen molar-refractivity contribution in [3.05, 3.63) is 6.10 Å². The molecule has 66 valence electrons. The summed E-state index contributed by atoms with van der Waals surface area (Å²) in [4.78, 5) is 0. The minimum Gasteiger partial charge on any atom is -0.566 e. The first kappa shape index (κ1) is 9.30. The van der Waals surface area contributed by atoms with E-state index in [4.69, 9.17) is 21.4 Å². The molecule has 0 amide bonds. The van der Waals surface area contributed by atoms with E-state index in [0.717, 1.165) is 18.9 Å². The second kappa shape index (κ2) is 4.29. The van der Waals surface area contributed by atoms with Gasteiger partial charge in [-0.3, -0.25) is 0 Å². The van der Waals surface area contributed by atoms with Crippen molar-refractivity contribution in [3.8, 4) is 0 Å². The maximum Gasteiger partial charge on any atom is 0.0455 e. The van der Waals surface area contributed by atoms with Crippen LogP contribution in [0.1, 0.15) is 19.8 Å². The van der Waals surface area contributed by atoms with Crippen LogP contribution >= 0.6 is 11.6 Å². The molecule has 0 bridgehead atoms. The van der Waals surface area contributed by atoms with Gasteiger partial charge in [0.15, 0.2) is 0 Å². The predicted octanol–water partition coefficient (Wildman–Crippen LogP) is 1.56. The number of aliphatic hydroxyl groups excluding tert-OH is 1. The van der Waals surface area contributed by atoms with Gasteiger partial charge in [-0.2, -0.15) is 12.5 Å². The van der Waals surface area contributed by atoms with Crippen LogP contribution in [0.3, 0.4) is 0 Å². The quantitative estimate of drug-likeness (QED) is 0.393. The molecule has 1 aliphatic rings. The molecule has 1 heterocycles. The summed E-state index contributed by atoms with van der Waals surface area (Å²) in [5.41, 5.74) is 0. The Balaban J connectivity index is 1.97. The van der Waals surface area contributed by atoms with E-state index >= 15 is 0 Å². The SMILES string of the molecule is CC(CO)CC[C-]1O[C@H]1CCl. The molecule has 0 aromatic heterocycles. The smallest absolute Gasteiger partial charge is 0.0455 e. The van der Waals surface area contributed by atoms with Crippen LogP contribution in [0, 0.1) is 12.0 Å². The van der Waals surface area contributed by atoms with Crippen molar-refractivity contribution in [3.63, 3.8) is 0 Å². The largest absolute Gasteiger partial charge is 0.566 e. The highest BCUT2D eigenvalue weighted by Crippen LogP contribution is 2.36. The maximum absolute atomic E-state index is 8.72. The number of hydrogen-bond acceptors (Lipinski definition) is 2.